The molecule has 5 nitrogen and oxygen atoms in total. The minimum Gasteiger partial charge on any atom is -0.398 e. The second-order valence-electron chi connectivity index (χ2n) is 6.34. The van der Waals surface area contributed by atoms with Crippen molar-refractivity contribution >= 4 is 26.2 Å². The summed E-state index contributed by atoms with van der Waals surface area (Å²) in [7, 11) is -3.51. The minimum absolute atomic E-state index is 0.0504. The van der Waals surface area contributed by atoms with Crippen LogP contribution in [0.5, 0.6) is 0 Å². The molecule has 0 saturated carbocycles. The van der Waals surface area contributed by atoms with E-state index in [1.165, 1.54) is 0 Å². The zero-order valence-corrected chi connectivity index (χ0v) is 16.0. The molecule has 0 unspecified atom stereocenters. The summed E-state index contributed by atoms with van der Waals surface area (Å²) in [6.45, 7) is 13.8. The zero-order chi connectivity index (χ0) is 14.2. The topological polar surface area (TPSA) is 67.2 Å². The maximum absolute atomic E-state index is 8.21. The van der Waals surface area contributed by atoms with E-state index in [9.17, 15) is 0 Å². The van der Waals surface area contributed by atoms with Gasteiger partial charge in [-0.05, 0) is 44.8 Å². The fourth-order valence-corrected chi connectivity index (χ4v) is 8.03. The van der Waals surface area contributed by atoms with Gasteiger partial charge in [0, 0.05) is 11.5 Å². The molecule has 0 aromatic heterocycles. The Hall–Kier alpha value is -0.119. The van der Waals surface area contributed by atoms with E-state index in [1.807, 2.05) is 0 Å². The van der Waals surface area contributed by atoms with E-state index < -0.39 is 26.2 Å². The van der Waals surface area contributed by atoms with Gasteiger partial charge in [-0.15, -0.1) is 0 Å². The van der Waals surface area contributed by atoms with E-state index in [4.69, 9.17) is 14.4 Å². The standard InChI is InChI=1S/C10H27N3O2Si3/c1-17(2,3)14-10(15-18(4,5)6)16-9-7-8-12-13-11/h10H,7-9,16H2,1-6H3. The summed E-state index contributed by atoms with van der Waals surface area (Å²) in [5, 5.41) is 3.56. The molecule has 0 fully saturated rings. The Bertz CT molecular complexity index is 267. The molecule has 0 aromatic carbocycles. The molecule has 0 radical (unpaired) electrons. The summed E-state index contributed by atoms with van der Waals surface area (Å²) in [5.41, 5.74) is 8.21. The molecule has 18 heavy (non-hydrogen) atoms. The van der Waals surface area contributed by atoms with Crippen molar-refractivity contribution in [2.45, 2.75) is 57.7 Å². The smallest absolute Gasteiger partial charge is 0.186 e. The van der Waals surface area contributed by atoms with Gasteiger partial charge in [0.2, 0.25) is 0 Å². The summed E-state index contributed by atoms with van der Waals surface area (Å²) in [6, 6.07) is 1.11. The molecule has 0 atom stereocenters. The Balaban J connectivity index is 4.17. The van der Waals surface area contributed by atoms with Crippen LogP contribution in [0.1, 0.15) is 6.42 Å². The lowest BCUT2D eigenvalue weighted by molar-refractivity contribution is 0.0605. The van der Waals surface area contributed by atoms with E-state index in [2.05, 4.69) is 49.3 Å². The zero-order valence-electron chi connectivity index (χ0n) is 12.6. The molecule has 0 spiro atoms. The third kappa shape index (κ3) is 12.3. The van der Waals surface area contributed by atoms with Crippen molar-refractivity contribution in [3.05, 3.63) is 10.4 Å². The van der Waals surface area contributed by atoms with Crippen LogP contribution in [-0.4, -0.2) is 38.6 Å². The lowest BCUT2D eigenvalue weighted by Gasteiger charge is -2.31. The molecule has 0 rings (SSSR count). The Kier molecular flexibility index (Phi) is 8.08. The molecule has 0 amide bonds. The van der Waals surface area contributed by atoms with Crippen LogP contribution in [0.4, 0.5) is 0 Å². The predicted molar refractivity (Wildman–Crippen MR) is 84.6 cm³/mol. The molecular weight excluding hydrogens is 278 g/mol. The van der Waals surface area contributed by atoms with Gasteiger partial charge in [-0.1, -0.05) is 17.6 Å². The summed E-state index contributed by atoms with van der Waals surface area (Å²) in [4.78, 5) is 2.76. The molecule has 0 aliphatic rings. The van der Waals surface area contributed by atoms with Crippen LogP contribution in [-0.2, 0) is 8.85 Å². The van der Waals surface area contributed by atoms with Gasteiger partial charge in [-0.25, -0.2) is 0 Å². The average molecular weight is 306 g/mol. The first kappa shape index (κ1) is 17.9. The lowest BCUT2D eigenvalue weighted by atomic mass is 10.5. The van der Waals surface area contributed by atoms with Crippen LogP contribution < -0.4 is 0 Å². The highest BCUT2D eigenvalue weighted by Gasteiger charge is 2.26. The van der Waals surface area contributed by atoms with Crippen molar-refractivity contribution in [2.24, 2.45) is 5.11 Å². The van der Waals surface area contributed by atoms with Gasteiger partial charge < -0.3 is 8.85 Å². The Labute approximate surface area is 115 Å². The highest BCUT2D eigenvalue weighted by molar-refractivity contribution is 6.71. The van der Waals surface area contributed by atoms with E-state index in [0.29, 0.717) is 6.54 Å². The second kappa shape index (κ2) is 8.13. The molecule has 0 heterocycles. The third-order valence-electron chi connectivity index (χ3n) is 1.98. The summed E-state index contributed by atoms with van der Waals surface area (Å²) in [6.07, 6.45) is 0.955. The van der Waals surface area contributed by atoms with Crippen LogP contribution in [0, 0.1) is 0 Å². The maximum atomic E-state index is 8.21. The van der Waals surface area contributed by atoms with Crippen LogP contribution >= 0.6 is 0 Å². The fourth-order valence-electron chi connectivity index (χ4n) is 1.47. The molecular formula is C10H27N3O2Si3. The van der Waals surface area contributed by atoms with Gasteiger partial charge >= 0.3 is 0 Å². The maximum Gasteiger partial charge on any atom is 0.186 e. The first-order valence-electron chi connectivity index (χ1n) is 6.50. The van der Waals surface area contributed by atoms with Gasteiger partial charge in [-0.2, -0.15) is 0 Å². The van der Waals surface area contributed by atoms with E-state index in [1.54, 1.807) is 0 Å². The molecule has 8 heteroatoms. The summed E-state index contributed by atoms with van der Waals surface area (Å²) in [5.74, 6) is 0.0504. The number of azide groups is 1. The van der Waals surface area contributed by atoms with Gasteiger partial charge in [0.15, 0.2) is 16.6 Å². The third-order valence-corrected chi connectivity index (χ3v) is 6.30. The average Bonchev–Trinajstić information content (AvgIpc) is 2.12. The van der Waals surface area contributed by atoms with Crippen molar-refractivity contribution in [3.8, 4) is 0 Å². The Morgan fingerprint density at radius 2 is 1.61 bits per heavy atom. The van der Waals surface area contributed by atoms with E-state index in [0.717, 1.165) is 12.5 Å². The highest BCUT2D eigenvalue weighted by atomic mass is 28.4. The molecule has 0 aromatic rings. The van der Waals surface area contributed by atoms with Crippen LogP contribution in [0.15, 0.2) is 5.11 Å². The normalized spacial score (nSPS) is 13.3. The first-order valence-corrected chi connectivity index (χ1v) is 15.1. The monoisotopic (exact) mass is 305 g/mol. The van der Waals surface area contributed by atoms with Crippen molar-refractivity contribution < 1.29 is 8.85 Å². The molecule has 0 N–H and O–H groups in total. The van der Waals surface area contributed by atoms with Gasteiger partial charge in [-0.3, -0.25) is 0 Å². The quantitative estimate of drug-likeness (QED) is 0.164. The molecule has 0 bridgehead atoms. The largest absolute Gasteiger partial charge is 0.398 e. The molecule has 0 aliphatic heterocycles. The fraction of sp³-hybridized carbons (Fsp3) is 1.00. The summed E-state index contributed by atoms with van der Waals surface area (Å²) < 4.78 is 12.3. The van der Waals surface area contributed by atoms with Crippen molar-refractivity contribution in [1.29, 1.82) is 0 Å². The lowest BCUT2D eigenvalue weighted by Crippen LogP contribution is -2.42. The van der Waals surface area contributed by atoms with E-state index in [-0.39, 0.29) is 5.91 Å². The minimum atomic E-state index is -1.55. The Morgan fingerprint density at radius 3 is 2.00 bits per heavy atom. The van der Waals surface area contributed by atoms with Crippen molar-refractivity contribution in [3.63, 3.8) is 0 Å². The Morgan fingerprint density at radius 1 is 1.11 bits per heavy atom. The number of nitrogens with zero attached hydrogens (tertiary/aromatic N) is 3. The van der Waals surface area contributed by atoms with Gasteiger partial charge in [0.25, 0.3) is 0 Å². The highest BCUT2D eigenvalue weighted by Crippen LogP contribution is 2.14. The molecule has 0 aliphatic carbocycles. The molecule has 0 saturated heterocycles. The number of hydrogen-bond donors (Lipinski definition) is 0. The first-order chi connectivity index (χ1) is 8.14. The van der Waals surface area contributed by atoms with Crippen molar-refractivity contribution in [1.82, 2.24) is 0 Å². The second-order valence-corrected chi connectivity index (χ2v) is 17.2. The predicted octanol–water partition coefficient (Wildman–Crippen LogP) is 3.26. The van der Waals surface area contributed by atoms with Crippen LogP contribution in [0.25, 0.3) is 10.4 Å². The van der Waals surface area contributed by atoms with E-state index >= 15 is 0 Å². The SMILES string of the molecule is C[Si](C)(C)OC(O[Si](C)(C)C)[SiH2]CCCN=[N+]=[N-]. The van der Waals surface area contributed by atoms with Gasteiger partial charge in [0.1, 0.15) is 5.91 Å². The van der Waals surface area contributed by atoms with Crippen LogP contribution in [0.3, 0.4) is 0 Å². The number of rotatable bonds is 9. The van der Waals surface area contributed by atoms with Crippen LogP contribution in [0.2, 0.25) is 45.3 Å². The van der Waals surface area contributed by atoms with Gasteiger partial charge in [0.05, 0.1) is 9.52 Å². The summed E-state index contributed by atoms with van der Waals surface area (Å²) >= 11 is 0. The van der Waals surface area contributed by atoms with Crippen molar-refractivity contribution in [2.75, 3.05) is 6.54 Å². The number of hydrogen-bond acceptors (Lipinski definition) is 3. The molecule has 106 valence electrons.